The molecule has 1 aliphatic heterocycles. The molecule has 5 nitrogen and oxygen atoms in total. The summed E-state index contributed by atoms with van der Waals surface area (Å²) in [7, 11) is 0. The molecule has 1 saturated carbocycles. The van der Waals surface area contributed by atoms with Crippen LogP contribution in [-0.4, -0.2) is 53.6 Å². The van der Waals surface area contributed by atoms with E-state index in [0.717, 1.165) is 63.9 Å². The fourth-order valence-corrected chi connectivity index (χ4v) is 5.51. The van der Waals surface area contributed by atoms with Gasteiger partial charge in [0, 0.05) is 37.7 Å². The Balaban J connectivity index is 1.35. The predicted molar refractivity (Wildman–Crippen MR) is 123 cm³/mol. The molecule has 3 rings (SSSR count). The molecular formula is C24H38F2N2O3S. The van der Waals surface area contributed by atoms with E-state index in [1.165, 1.54) is 35.5 Å². The van der Waals surface area contributed by atoms with E-state index in [9.17, 15) is 13.6 Å². The van der Waals surface area contributed by atoms with Crippen LogP contribution in [0.5, 0.6) is 5.19 Å². The summed E-state index contributed by atoms with van der Waals surface area (Å²) in [6.45, 7) is 9.01. The van der Waals surface area contributed by atoms with Crippen molar-refractivity contribution in [3.63, 3.8) is 0 Å². The Morgan fingerprint density at radius 3 is 2.41 bits per heavy atom. The number of hydrogen-bond acceptors (Lipinski definition) is 6. The average molecular weight is 473 g/mol. The van der Waals surface area contributed by atoms with Crippen molar-refractivity contribution in [2.45, 2.75) is 90.6 Å². The van der Waals surface area contributed by atoms with Crippen molar-refractivity contribution < 1.29 is 23.0 Å². The Hall–Kier alpha value is -1.28. The molecule has 0 aromatic carbocycles. The molecule has 0 radical (unpaired) electrons. The summed E-state index contributed by atoms with van der Waals surface area (Å²) in [5.74, 6) is -1.71. The SMILES string of the molecule is CC(F)(F)COc1nc2c(s1)CCN(CCC1CCC(CC(=O)OC(C)(C)C)CC1)CC2. The minimum Gasteiger partial charge on any atom is -0.464 e. The third kappa shape index (κ3) is 8.58. The molecule has 1 aromatic heterocycles. The number of rotatable bonds is 8. The van der Waals surface area contributed by atoms with Gasteiger partial charge in [-0.15, -0.1) is 0 Å². The minimum absolute atomic E-state index is 0.0662. The second-order valence-corrected chi connectivity index (χ2v) is 11.6. The smallest absolute Gasteiger partial charge is 0.306 e. The van der Waals surface area contributed by atoms with Crippen LogP contribution in [0.15, 0.2) is 0 Å². The van der Waals surface area contributed by atoms with Crippen LogP contribution in [0.3, 0.4) is 0 Å². The maximum atomic E-state index is 13.0. The summed E-state index contributed by atoms with van der Waals surface area (Å²) >= 11 is 1.41. The Morgan fingerprint density at radius 2 is 1.75 bits per heavy atom. The normalized spacial score (nSPS) is 22.8. The topological polar surface area (TPSA) is 51.7 Å². The lowest BCUT2D eigenvalue weighted by molar-refractivity contribution is -0.156. The fourth-order valence-electron chi connectivity index (χ4n) is 4.57. The minimum atomic E-state index is -2.84. The number of nitrogens with zero attached hydrogens (tertiary/aromatic N) is 2. The quantitative estimate of drug-likeness (QED) is 0.467. The zero-order valence-electron chi connectivity index (χ0n) is 19.9. The lowest BCUT2D eigenvalue weighted by Crippen LogP contribution is -2.30. The monoisotopic (exact) mass is 472 g/mol. The van der Waals surface area contributed by atoms with Gasteiger partial charge in [-0.3, -0.25) is 4.79 Å². The maximum Gasteiger partial charge on any atom is 0.306 e. The van der Waals surface area contributed by atoms with Crippen LogP contribution in [-0.2, 0) is 22.4 Å². The van der Waals surface area contributed by atoms with E-state index in [0.29, 0.717) is 17.5 Å². The first kappa shape index (κ1) is 25.3. The lowest BCUT2D eigenvalue weighted by Gasteiger charge is -2.30. The summed E-state index contributed by atoms with van der Waals surface area (Å²) in [4.78, 5) is 20.2. The molecule has 8 heteroatoms. The van der Waals surface area contributed by atoms with E-state index < -0.39 is 18.1 Å². The zero-order valence-corrected chi connectivity index (χ0v) is 20.7. The zero-order chi connectivity index (χ0) is 23.4. The van der Waals surface area contributed by atoms with E-state index in [1.54, 1.807) is 0 Å². The molecule has 0 saturated heterocycles. The first-order valence-corrected chi connectivity index (χ1v) is 12.7. The van der Waals surface area contributed by atoms with E-state index in [1.807, 2.05) is 20.8 Å². The lowest BCUT2D eigenvalue weighted by atomic mass is 9.79. The van der Waals surface area contributed by atoms with Gasteiger partial charge in [-0.1, -0.05) is 24.2 Å². The van der Waals surface area contributed by atoms with Crippen molar-refractivity contribution in [3.8, 4) is 5.19 Å². The van der Waals surface area contributed by atoms with Crippen molar-refractivity contribution in [2.75, 3.05) is 26.2 Å². The molecular weight excluding hydrogens is 434 g/mol. The van der Waals surface area contributed by atoms with Gasteiger partial charge in [-0.25, -0.2) is 13.8 Å². The van der Waals surface area contributed by atoms with Gasteiger partial charge in [0.1, 0.15) is 5.60 Å². The standard InChI is InChI=1S/C24H38F2N2O3S/c1-23(2,3)31-21(29)15-18-7-5-17(6-8-18)9-12-28-13-10-19-20(11-14-28)32-22(27-19)30-16-24(4,25)26/h17-18H,5-16H2,1-4H3. The molecule has 0 spiro atoms. The highest BCUT2D eigenvalue weighted by atomic mass is 32.1. The van der Waals surface area contributed by atoms with Crippen molar-refractivity contribution in [2.24, 2.45) is 11.8 Å². The van der Waals surface area contributed by atoms with Crippen LogP contribution in [0.2, 0.25) is 0 Å². The average Bonchev–Trinajstić information content (AvgIpc) is 2.97. The number of esters is 1. The number of halogens is 2. The highest BCUT2D eigenvalue weighted by Gasteiger charge is 2.27. The number of hydrogen-bond donors (Lipinski definition) is 0. The first-order valence-electron chi connectivity index (χ1n) is 11.9. The van der Waals surface area contributed by atoms with Gasteiger partial charge < -0.3 is 14.4 Å². The van der Waals surface area contributed by atoms with Crippen LogP contribution < -0.4 is 4.74 Å². The predicted octanol–water partition coefficient (Wildman–Crippen LogP) is 5.51. The van der Waals surface area contributed by atoms with E-state index in [2.05, 4.69) is 9.88 Å². The molecule has 1 aromatic rings. The van der Waals surface area contributed by atoms with Gasteiger partial charge >= 0.3 is 5.97 Å². The Labute approximate surface area is 194 Å². The van der Waals surface area contributed by atoms with Crippen molar-refractivity contribution >= 4 is 17.3 Å². The van der Waals surface area contributed by atoms with Gasteiger partial charge in [0.15, 0.2) is 6.61 Å². The van der Waals surface area contributed by atoms with Gasteiger partial charge in [0.05, 0.1) is 5.69 Å². The highest BCUT2D eigenvalue weighted by molar-refractivity contribution is 7.13. The third-order valence-corrected chi connectivity index (χ3v) is 7.29. The van der Waals surface area contributed by atoms with Crippen LogP contribution >= 0.6 is 11.3 Å². The van der Waals surface area contributed by atoms with Crippen LogP contribution in [0.25, 0.3) is 0 Å². The van der Waals surface area contributed by atoms with E-state index in [4.69, 9.17) is 9.47 Å². The number of alkyl halides is 2. The fraction of sp³-hybridized carbons (Fsp3) is 0.833. The number of fused-ring (bicyclic) bond motifs is 1. The molecule has 0 N–H and O–H groups in total. The summed E-state index contributed by atoms with van der Waals surface area (Å²) in [6, 6.07) is 0. The number of carbonyl (C=O) groups excluding carboxylic acids is 1. The summed E-state index contributed by atoms with van der Waals surface area (Å²) in [5, 5.41) is 0.369. The molecule has 0 amide bonds. The van der Waals surface area contributed by atoms with Crippen molar-refractivity contribution in [1.29, 1.82) is 0 Å². The third-order valence-electron chi connectivity index (χ3n) is 6.22. The highest BCUT2D eigenvalue weighted by Crippen LogP contribution is 2.34. The van der Waals surface area contributed by atoms with Gasteiger partial charge in [0.2, 0.25) is 0 Å². The van der Waals surface area contributed by atoms with Crippen molar-refractivity contribution in [3.05, 3.63) is 10.6 Å². The van der Waals surface area contributed by atoms with Gasteiger partial charge in [-0.2, -0.15) is 0 Å². The number of aromatic nitrogens is 1. The molecule has 0 atom stereocenters. The first-order chi connectivity index (χ1) is 15.0. The molecule has 1 aliphatic carbocycles. The summed E-state index contributed by atoms with van der Waals surface area (Å²) in [5.41, 5.74) is 0.605. The van der Waals surface area contributed by atoms with Crippen LogP contribution in [0.1, 0.15) is 76.8 Å². The number of thiazole rings is 1. The Bertz CT molecular complexity index is 724. The largest absolute Gasteiger partial charge is 0.464 e. The van der Waals surface area contributed by atoms with E-state index >= 15 is 0 Å². The molecule has 0 bridgehead atoms. The second kappa shape index (κ2) is 10.8. The maximum absolute atomic E-state index is 13.0. The van der Waals surface area contributed by atoms with Gasteiger partial charge in [-0.05, 0) is 64.8 Å². The Kier molecular flexibility index (Phi) is 8.53. The van der Waals surface area contributed by atoms with Crippen LogP contribution in [0, 0.1) is 11.8 Å². The van der Waals surface area contributed by atoms with Gasteiger partial charge in [0.25, 0.3) is 11.1 Å². The molecule has 2 aliphatic rings. The van der Waals surface area contributed by atoms with E-state index in [-0.39, 0.29) is 5.97 Å². The molecule has 2 heterocycles. The molecule has 0 unspecified atom stereocenters. The van der Waals surface area contributed by atoms with Crippen molar-refractivity contribution in [1.82, 2.24) is 9.88 Å². The summed E-state index contributed by atoms with van der Waals surface area (Å²) in [6.07, 6.45) is 8.11. The van der Waals surface area contributed by atoms with Crippen LogP contribution in [0.4, 0.5) is 8.78 Å². The number of ether oxygens (including phenoxy) is 2. The molecule has 1 fully saturated rings. The molecule has 182 valence electrons. The second-order valence-electron chi connectivity index (χ2n) is 10.5. The molecule has 32 heavy (non-hydrogen) atoms. The Morgan fingerprint density at radius 1 is 1.09 bits per heavy atom. The summed E-state index contributed by atoms with van der Waals surface area (Å²) < 4.78 is 36.7. The number of carbonyl (C=O) groups is 1.